The van der Waals surface area contributed by atoms with Crippen molar-refractivity contribution < 1.29 is 0 Å². The molecule has 18 heavy (non-hydrogen) atoms. The average molecular weight is 252 g/mol. The molecule has 2 fully saturated rings. The summed E-state index contributed by atoms with van der Waals surface area (Å²) in [5.74, 6) is 0.877. The van der Waals surface area contributed by atoms with Gasteiger partial charge in [0.25, 0.3) is 0 Å². The summed E-state index contributed by atoms with van der Waals surface area (Å²) >= 11 is 0. The number of nitrogens with zero attached hydrogens (tertiary/aromatic N) is 1. The minimum Gasteiger partial charge on any atom is -0.330 e. The predicted molar refractivity (Wildman–Crippen MR) is 78.6 cm³/mol. The minimum absolute atomic E-state index is 0.435. The van der Waals surface area contributed by atoms with Crippen LogP contribution in [-0.2, 0) is 0 Å². The van der Waals surface area contributed by atoms with Crippen molar-refractivity contribution in [1.82, 2.24) is 4.90 Å². The number of rotatable bonds is 4. The molecule has 2 aliphatic carbocycles. The normalized spacial score (nSPS) is 32.7. The largest absolute Gasteiger partial charge is 0.330 e. The molecule has 0 radical (unpaired) electrons. The van der Waals surface area contributed by atoms with E-state index in [1.165, 1.54) is 64.3 Å². The third kappa shape index (κ3) is 3.27. The Morgan fingerprint density at radius 1 is 1.06 bits per heavy atom. The molecule has 2 rings (SSSR count). The van der Waals surface area contributed by atoms with Crippen molar-refractivity contribution in [2.75, 3.05) is 20.1 Å². The zero-order valence-electron chi connectivity index (χ0n) is 12.5. The first-order valence-corrected chi connectivity index (χ1v) is 8.07. The fourth-order valence-electron chi connectivity index (χ4n) is 4.33. The third-order valence-electron chi connectivity index (χ3n) is 5.56. The molecule has 0 aliphatic heterocycles. The van der Waals surface area contributed by atoms with Gasteiger partial charge in [-0.1, -0.05) is 39.0 Å². The maximum atomic E-state index is 6.12. The van der Waals surface area contributed by atoms with Gasteiger partial charge >= 0.3 is 0 Å². The van der Waals surface area contributed by atoms with Gasteiger partial charge in [-0.2, -0.15) is 0 Å². The predicted octanol–water partition coefficient (Wildman–Crippen LogP) is 3.41. The summed E-state index contributed by atoms with van der Waals surface area (Å²) in [5.41, 5.74) is 6.56. The summed E-state index contributed by atoms with van der Waals surface area (Å²) in [4.78, 5) is 2.65. The molecule has 0 amide bonds. The topological polar surface area (TPSA) is 29.3 Å². The molecule has 0 aromatic heterocycles. The first kappa shape index (κ1) is 14.3. The van der Waals surface area contributed by atoms with Crippen LogP contribution in [0, 0.1) is 11.3 Å². The highest BCUT2D eigenvalue weighted by molar-refractivity contribution is 4.89. The lowest BCUT2D eigenvalue weighted by molar-refractivity contribution is 0.0649. The van der Waals surface area contributed by atoms with Crippen molar-refractivity contribution in [3.63, 3.8) is 0 Å². The highest BCUT2D eigenvalue weighted by Gasteiger charge is 2.34. The molecule has 0 saturated heterocycles. The summed E-state index contributed by atoms with van der Waals surface area (Å²) in [6.07, 6.45) is 12.6. The van der Waals surface area contributed by atoms with Crippen LogP contribution < -0.4 is 5.73 Å². The first-order valence-electron chi connectivity index (χ1n) is 8.07. The molecule has 2 saturated carbocycles. The Hall–Kier alpha value is -0.0800. The molecule has 0 heterocycles. The van der Waals surface area contributed by atoms with Gasteiger partial charge in [0.1, 0.15) is 0 Å². The second-order valence-corrected chi connectivity index (χ2v) is 7.01. The van der Waals surface area contributed by atoms with Gasteiger partial charge in [0, 0.05) is 12.6 Å². The molecule has 2 atom stereocenters. The molecule has 2 nitrogen and oxygen atoms in total. The quantitative estimate of drug-likeness (QED) is 0.831. The standard InChI is InChI=1S/C16H32N2/c1-14-8-4-5-9-15(14)18(2)13-16(12-17)10-6-3-7-11-16/h14-15H,3-13,17H2,1-2H3. The van der Waals surface area contributed by atoms with Crippen LogP contribution in [0.3, 0.4) is 0 Å². The Morgan fingerprint density at radius 3 is 2.33 bits per heavy atom. The number of hydrogen-bond donors (Lipinski definition) is 1. The van der Waals surface area contributed by atoms with Gasteiger partial charge in [-0.15, -0.1) is 0 Å². The highest BCUT2D eigenvalue weighted by Crippen LogP contribution is 2.37. The second-order valence-electron chi connectivity index (χ2n) is 7.01. The fraction of sp³-hybridized carbons (Fsp3) is 1.00. The smallest absolute Gasteiger partial charge is 0.0118 e. The van der Waals surface area contributed by atoms with Gasteiger partial charge < -0.3 is 10.6 Å². The highest BCUT2D eigenvalue weighted by atomic mass is 15.1. The lowest BCUT2D eigenvalue weighted by Crippen LogP contribution is -2.48. The van der Waals surface area contributed by atoms with Crippen molar-refractivity contribution in [2.24, 2.45) is 17.1 Å². The molecule has 0 bridgehead atoms. The third-order valence-corrected chi connectivity index (χ3v) is 5.56. The van der Waals surface area contributed by atoms with Crippen LogP contribution in [0.4, 0.5) is 0 Å². The van der Waals surface area contributed by atoms with Crippen LogP contribution in [0.2, 0.25) is 0 Å². The maximum absolute atomic E-state index is 6.12. The molecule has 0 aromatic rings. The van der Waals surface area contributed by atoms with E-state index in [9.17, 15) is 0 Å². The van der Waals surface area contributed by atoms with Gasteiger partial charge in [0.05, 0.1) is 0 Å². The molecule has 0 spiro atoms. The SMILES string of the molecule is CC1CCCCC1N(C)CC1(CN)CCCCC1. The first-order chi connectivity index (χ1) is 8.67. The van der Waals surface area contributed by atoms with Crippen molar-refractivity contribution in [3.05, 3.63) is 0 Å². The van der Waals surface area contributed by atoms with Gasteiger partial charge in [0.15, 0.2) is 0 Å². The van der Waals surface area contributed by atoms with E-state index in [1.807, 2.05) is 0 Å². The molecule has 106 valence electrons. The monoisotopic (exact) mass is 252 g/mol. The van der Waals surface area contributed by atoms with E-state index < -0.39 is 0 Å². The second kappa shape index (κ2) is 6.38. The fourth-order valence-corrected chi connectivity index (χ4v) is 4.33. The van der Waals surface area contributed by atoms with Gasteiger partial charge in [-0.25, -0.2) is 0 Å². The molecule has 2 aliphatic rings. The Balaban J connectivity index is 1.93. The van der Waals surface area contributed by atoms with E-state index in [0.29, 0.717) is 5.41 Å². The lowest BCUT2D eigenvalue weighted by atomic mass is 9.73. The zero-order chi connectivity index (χ0) is 13.0. The van der Waals surface area contributed by atoms with Crippen molar-refractivity contribution in [3.8, 4) is 0 Å². The summed E-state index contributed by atoms with van der Waals surface area (Å²) in [6, 6.07) is 0.809. The summed E-state index contributed by atoms with van der Waals surface area (Å²) in [6.45, 7) is 4.56. The van der Waals surface area contributed by atoms with Crippen LogP contribution in [0.5, 0.6) is 0 Å². The lowest BCUT2D eigenvalue weighted by Gasteiger charge is -2.44. The summed E-state index contributed by atoms with van der Waals surface area (Å²) < 4.78 is 0. The van der Waals surface area contributed by atoms with Crippen LogP contribution >= 0.6 is 0 Å². The molecule has 2 N–H and O–H groups in total. The zero-order valence-corrected chi connectivity index (χ0v) is 12.5. The van der Waals surface area contributed by atoms with E-state index in [2.05, 4.69) is 18.9 Å². The Morgan fingerprint density at radius 2 is 1.72 bits per heavy atom. The average Bonchev–Trinajstić information content (AvgIpc) is 2.40. The number of hydrogen-bond acceptors (Lipinski definition) is 2. The van der Waals surface area contributed by atoms with Gasteiger partial charge in [0.2, 0.25) is 0 Å². The Kier molecular flexibility index (Phi) is 5.08. The molecule has 2 unspecified atom stereocenters. The summed E-state index contributed by atoms with van der Waals surface area (Å²) in [7, 11) is 2.35. The van der Waals surface area contributed by atoms with E-state index in [1.54, 1.807) is 0 Å². The Bertz CT molecular complexity index is 245. The van der Waals surface area contributed by atoms with Crippen LogP contribution in [0.25, 0.3) is 0 Å². The molecular formula is C16H32N2. The van der Waals surface area contributed by atoms with Crippen LogP contribution in [0.1, 0.15) is 64.7 Å². The van der Waals surface area contributed by atoms with E-state index in [-0.39, 0.29) is 0 Å². The van der Waals surface area contributed by atoms with Gasteiger partial charge in [-0.3, -0.25) is 0 Å². The molecule has 2 heteroatoms. The van der Waals surface area contributed by atoms with Crippen molar-refractivity contribution >= 4 is 0 Å². The molecule has 0 aromatic carbocycles. The Labute approximate surface area is 113 Å². The van der Waals surface area contributed by atoms with E-state index in [0.717, 1.165) is 18.5 Å². The maximum Gasteiger partial charge on any atom is 0.0118 e. The summed E-state index contributed by atoms with van der Waals surface area (Å²) in [5, 5.41) is 0. The minimum atomic E-state index is 0.435. The molecular weight excluding hydrogens is 220 g/mol. The van der Waals surface area contributed by atoms with Crippen molar-refractivity contribution in [1.29, 1.82) is 0 Å². The van der Waals surface area contributed by atoms with Gasteiger partial charge in [-0.05, 0) is 50.6 Å². The van der Waals surface area contributed by atoms with E-state index in [4.69, 9.17) is 5.73 Å². The number of nitrogens with two attached hydrogens (primary N) is 1. The van der Waals surface area contributed by atoms with Crippen LogP contribution in [0.15, 0.2) is 0 Å². The van der Waals surface area contributed by atoms with E-state index >= 15 is 0 Å². The van der Waals surface area contributed by atoms with Crippen LogP contribution in [-0.4, -0.2) is 31.1 Å². The van der Waals surface area contributed by atoms with Crippen molar-refractivity contribution in [2.45, 2.75) is 70.8 Å².